The van der Waals surface area contributed by atoms with Gasteiger partial charge in [0.25, 0.3) is 0 Å². The molecule has 0 fully saturated rings. The van der Waals surface area contributed by atoms with E-state index in [1.54, 1.807) is 18.2 Å². The van der Waals surface area contributed by atoms with E-state index in [0.29, 0.717) is 41.9 Å². The van der Waals surface area contributed by atoms with Gasteiger partial charge in [-0.3, -0.25) is 4.79 Å². The Labute approximate surface area is 157 Å². The van der Waals surface area contributed by atoms with Crippen LogP contribution in [0.3, 0.4) is 0 Å². The number of amides is 1. The van der Waals surface area contributed by atoms with Crippen molar-refractivity contribution in [3.8, 4) is 11.5 Å². The van der Waals surface area contributed by atoms with Crippen LogP contribution in [0.4, 0.5) is 0 Å². The van der Waals surface area contributed by atoms with Gasteiger partial charge in [0.2, 0.25) is 5.91 Å². The van der Waals surface area contributed by atoms with Crippen LogP contribution in [0.1, 0.15) is 30.5 Å². The van der Waals surface area contributed by atoms with Gasteiger partial charge < -0.3 is 14.8 Å². The van der Waals surface area contributed by atoms with Crippen LogP contribution in [0.15, 0.2) is 36.4 Å². The van der Waals surface area contributed by atoms with E-state index < -0.39 is 0 Å². The average molecular weight is 380 g/mol. The Balaban J connectivity index is 1.59. The van der Waals surface area contributed by atoms with Crippen molar-refractivity contribution < 1.29 is 14.3 Å². The predicted molar refractivity (Wildman–Crippen MR) is 98.8 cm³/mol. The SMILES string of the molecule is CC(NC(=O)CCc1c(Cl)cccc1Cl)c1ccc2c(c1)OCCO2. The molecule has 1 unspecified atom stereocenters. The van der Waals surface area contributed by atoms with Crippen LogP contribution >= 0.6 is 23.2 Å². The molecule has 0 spiro atoms. The van der Waals surface area contributed by atoms with E-state index in [4.69, 9.17) is 32.7 Å². The van der Waals surface area contributed by atoms with Crippen LogP contribution in [0, 0.1) is 0 Å². The molecule has 0 saturated heterocycles. The number of rotatable bonds is 5. The smallest absolute Gasteiger partial charge is 0.220 e. The van der Waals surface area contributed by atoms with Crippen molar-refractivity contribution in [2.24, 2.45) is 0 Å². The van der Waals surface area contributed by atoms with Gasteiger partial charge in [0.15, 0.2) is 11.5 Å². The minimum Gasteiger partial charge on any atom is -0.486 e. The van der Waals surface area contributed by atoms with Crippen molar-refractivity contribution in [2.75, 3.05) is 13.2 Å². The zero-order valence-electron chi connectivity index (χ0n) is 13.9. The van der Waals surface area contributed by atoms with Crippen LogP contribution < -0.4 is 14.8 Å². The molecule has 4 nitrogen and oxygen atoms in total. The topological polar surface area (TPSA) is 47.6 Å². The first-order valence-electron chi connectivity index (χ1n) is 8.16. The number of benzene rings is 2. The summed E-state index contributed by atoms with van der Waals surface area (Å²) in [7, 11) is 0. The van der Waals surface area contributed by atoms with Gasteiger partial charge in [-0.15, -0.1) is 0 Å². The third-order valence-corrected chi connectivity index (χ3v) is 4.82. The number of nitrogens with one attached hydrogen (secondary N) is 1. The minimum absolute atomic E-state index is 0.0571. The molecule has 1 amide bonds. The highest BCUT2D eigenvalue weighted by Crippen LogP contribution is 2.32. The van der Waals surface area contributed by atoms with Gasteiger partial charge in [0, 0.05) is 16.5 Å². The van der Waals surface area contributed by atoms with Gasteiger partial charge in [-0.25, -0.2) is 0 Å². The first-order valence-corrected chi connectivity index (χ1v) is 8.92. The summed E-state index contributed by atoms with van der Waals surface area (Å²) in [6.45, 7) is 3.03. The van der Waals surface area contributed by atoms with E-state index in [2.05, 4.69) is 5.32 Å². The quantitative estimate of drug-likeness (QED) is 0.827. The maximum atomic E-state index is 12.3. The Morgan fingerprint density at radius 1 is 1.12 bits per heavy atom. The fourth-order valence-electron chi connectivity index (χ4n) is 2.74. The Kier molecular flexibility index (Phi) is 5.71. The molecule has 132 valence electrons. The standard InChI is InChI=1S/C19H19Cl2NO3/c1-12(13-5-7-17-18(11-13)25-10-9-24-17)22-19(23)8-6-14-15(20)3-2-4-16(14)21/h2-5,7,11-12H,6,8-10H2,1H3,(H,22,23). The van der Waals surface area contributed by atoms with Crippen LogP contribution in [0.5, 0.6) is 11.5 Å². The highest BCUT2D eigenvalue weighted by Gasteiger charge is 2.16. The molecule has 1 heterocycles. The number of fused-ring (bicyclic) bond motifs is 1. The molecule has 0 aliphatic carbocycles. The molecule has 3 rings (SSSR count). The van der Waals surface area contributed by atoms with Gasteiger partial charge >= 0.3 is 0 Å². The summed E-state index contributed by atoms with van der Waals surface area (Å²) in [5, 5.41) is 4.16. The summed E-state index contributed by atoms with van der Waals surface area (Å²) in [6, 6.07) is 10.9. The molecule has 1 aliphatic heterocycles. The van der Waals surface area contributed by atoms with E-state index in [1.807, 2.05) is 25.1 Å². The maximum Gasteiger partial charge on any atom is 0.220 e. The minimum atomic E-state index is -0.134. The second kappa shape index (κ2) is 7.98. The zero-order chi connectivity index (χ0) is 17.8. The lowest BCUT2D eigenvalue weighted by Gasteiger charge is -2.21. The third kappa shape index (κ3) is 4.39. The van der Waals surface area contributed by atoms with Crippen LogP contribution in [0.25, 0.3) is 0 Å². The maximum absolute atomic E-state index is 12.3. The van der Waals surface area contributed by atoms with Crippen molar-refractivity contribution in [1.29, 1.82) is 0 Å². The predicted octanol–water partition coefficient (Wildman–Crippen LogP) is 4.57. The van der Waals surface area contributed by atoms with E-state index in [-0.39, 0.29) is 11.9 Å². The number of carbonyl (C=O) groups excluding carboxylic acids is 1. The largest absolute Gasteiger partial charge is 0.486 e. The molecule has 6 heteroatoms. The molecule has 0 aromatic heterocycles. The number of hydrogen-bond donors (Lipinski definition) is 1. The number of ether oxygens (including phenoxy) is 2. The van der Waals surface area contributed by atoms with Crippen molar-refractivity contribution in [3.63, 3.8) is 0 Å². The second-order valence-electron chi connectivity index (χ2n) is 5.89. The van der Waals surface area contributed by atoms with E-state index in [9.17, 15) is 4.79 Å². The Morgan fingerprint density at radius 3 is 2.52 bits per heavy atom. The first-order chi connectivity index (χ1) is 12.0. The van der Waals surface area contributed by atoms with Gasteiger partial charge in [0.05, 0.1) is 6.04 Å². The van der Waals surface area contributed by atoms with Gasteiger partial charge in [-0.1, -0.05) is 35.3 Å². The Bertz CT molecular complexity index is 759. The molecular formula is C19H19Cl2NO3. The van der Waals surface area contributed by atoms with Crippen LogP contribution in [0.2, 0.25) is 10.0 Å². The Hall–Kier alpha value is -1.91. The van der Waals surface area contributed by atoms with Crippen molar-refractivity contribution in [3.05, 3.63) is 57.6 Å². The number of hydrogen-bond acceptors (Lipinski definition) is 3. The van der Waals surface area contributed by atoms with Crippen molar-refractivity contribution in [2.45, 2.75) is 25.8 Å². The van der Waals surface area contributed by atoms with Crippen molar-refractivity contribution >= 4 is 29.1 Å². The van der Waals surface area contributed by atoms with Crippen LogP contribution in [-0.2, 0) is 11.2 Å². The molecule has 1 aliphatic rings. The summed E-state index contributed by atoms with van der Waals surface area (Å²) in [5.41, 5.74) is 1.77. The van der Waals surface area contributed by atoms with E-state index in [0.717, 1.165) is 16.9 Å². The normalized spacial score (nSPS) is 14.0. The summed E-state index contributed by atoms with van der Waals surface area (Å²) < 4.78 is 11.1. The van der Waals surface area contributed by atoms with Gasteiger partial charge in [-0.2, -0.15) is 0 Å². The monoisotopic (exact) mass is 379 g/mol. The second-order valence-corrected chi connectivity index (χ2v) is 6.71. The van der Waals surface area contributed by atoms with Crippen LogP contribution in [-0.4, -0.2) is 19.1 Å². The molecular weight excluding hydrogens is 361 g/mol. The summed E-state index contributed by atoms with van der Waals surface area (Å²) >= 11 is 12.3. The molecule has 2 aromatic carbocycles. The van der Waals surface area contributed by atoms with Crippen molar-refractivity contribution in [1.82, 2.24) is 5.32 Å². The summed E-state index contributed by atoms with van der Waals surface area (Å²) in [4.78, 5) is 12.3. The average Bonchev–Trinajstić information content (AvgIpc) is 2.61. The highest BCUT2D eigenvalue weighted by molar-refractivity contribution is 6.36. The lowest BCUT2D eigenvalue weighted by Crippen LogP contribution is -2.27. The molecule has 1 N–H and O–H groups in total. The molecule has 2 aromatic rings. The lowest BCUT2D eigenvalue weighted by atomic mass is 10.1. The Morgan fingerprint density at radius 2 is 1.80 bits per heavy atom. The fourth-order valence-corrected chi connectivity index (χ4v) is 3.32. The number of carbonyl (C=O) groups is 1. The van der Waals surface area contributed by atoms with Gasteiger partial charge in [0.1, 0.15) is 13.2 Å². The molecule has 0 bridgehead atoms. The zero-order valence-corrected chi connectivity index (χ0v) is 15.4. The number of halogens is 2. The van der Waals surface area contributed by atoms with E-state index >= 15 is 0 Å². The van der Waals surface area contributed by atoms with Gasteiger partial charge in [-0.05, 0) is 48.7 Å². The lowest BCUT2D eigenvalue weighted by molar-refractivity contribution is -0.121. The fraction of sp³-hybridized carbons (Fsp3) is 0.316. The third-order valence-electron chi connectivity index (χ3n) is 4.11. The first kappa shape index (κ1) is 17.9. The summed E-state index contributed by atoms with van der Waals surface area (Å²) in [6.07, 6.45) is 0.816. The molecule has 1 atom stereocenters. The summed E-state index contributed by atoms with van der Waals surface area (Å²) in [5.74, 6) is 1.40. The van der Waals surface area contributed by atoms with E-state index in [1.165, 1.54) is 0 Å². The molecule has 0 saturated carbocycles. The molecule has 0 radical (unpaired) electrons. The molecule has 25 heavy (non-hydrogen) atoms. The highest BCUT2D eigenvalue weighted by atomic mass is 35.5.